The summed E-state index contributed by atoms with van der Waals surface area (Å²) >= 11 is 0. The molecule has 0 unspecified atom stereocenters. The molecule has 1 heterocycles. The number of rotatable bonds is 4. The van der Waals surface area contributed by atoms with Crippen molar-refractivity contribution in [1.29, 1.82) is 0 Å². The highest BCUT2D eigenvalue weighted by atomic mass is 19.1. The highest BCUT2D eigenvalue weighted by molar-refractivity contribution is 5.96. The van der Waals surface area contributed by atoms with Crippen molar-refractivity contribution in [3.05, 3.63) is 47.0 Å². The Kier molecular flexibility index (Phi) is 3.85. The zero-order valence-electron chi connectivity index (χ0n) is 12.5. The molecule has 0 bridgehead atoms. The van der Waals surface area contributed by atoms with Gasteiger partial charge in [-0.25, -0.2) is 9.07 Å². The Hall–Kier alpha value is -2.70. The van der Waals surface area contributed by atoms with Gasteiger partial charge in [0.1, 0.15) is 11.9 Å². The number of fused-ring (bicyclic) bond motifs is 1. The van der Waals surface area contributed by atoms with E-state index in [0.717, 1.165) is 24.1 Å². The number of nitrogens with one attached hydrogen (secondary N) is 1. The Morgan fingerprint density at radius 1 is 1.39 bits per heavy atom. The Labute approximate surface area is 131 Å². The quantitative estimate of drug-likeness (QED) is 0.899. The minimum Gasteiger partial charge on any atom is -0.480 e. The molecule has 1 atom stereocenters. The van der Waals surface area contributed by atoms with Gasteiger partial charge in [0.05, 0.1) is 5.69 Å². The van der Waals surface area contributed by atoms with E-state index in [0.29, 0.717) is 12.1 Å². The van der Waals surface area contributed by atoms with E-state index >= 15 is 0 Å². The molecule has 2 N–H and O–H groups in total. The van der Waals surface area contributed by atoms with Crippen LogP contribution in [0.25, 0.3) is 5.69 Å². The summed E-state index contributed by atoms with van der Waals surface area (Å²) in [4.78, 5) is 23.2. The molecule has 1 amide bonds. The third kappa shape index (κ3) is 2.81. The first-order chi connectivity index (χ1) is 11.0. The van der Waals surface area contributed by atoms with Crippen LogP contribution in [0.4, 0.5) is 4.39 Å². The minimum atomic E-state index is -1.11. The molecular weight excluding hydrogens is 301 g/mol. The summed E-state index contributed by atoms with van der Waals surface area (Å²) < 4.78 is 15.0. The molecule has 0 aliphatic heterocycles. The summed E-state index contributed by atoms with van der Waals surface area (Å²) in [6.45, 7) is 1.39. The summed E-state index contributed by atoms with van der Waals surface area (Å²) in [6.07, 6.45) is 2.34. The fraction of sp³-hybridized carbons (Fsp3) is 0.312. The molecule has 0 fully saturated rings. The molecule has 120 valence electrons. The monoisotopic (exact) mass is 317 g/mol. The van der Waals surface area contributed by atoms with Gasteiger partial charge in [0.15, 0.2) is 5.69 Å². The highest BCUT2D eigenvalue weighted by Gasteiger charge is 2.28. The average molecular weight is 317 g/mol. The second-order valence-corrected chi connectivity index (χ2v) is 5.55. The van der Waals surface area contributed by atoms with Gasteiger partial charge in [-0.15, -0.1) is 0 Å². The molecule has 1 aliphatic rings. The van der Waals surface area contributed by atoms with Crippen molar-refractivity contribution in [3.8, 4) is 5.69 Å². The van der Waals surface area contributed by atoms with Crippen LogP contribution < -0.4 is 5.32 Å². The van der Waals surface area contributed by atoms with E-state index in [1.54, 1.807) is 16.8 Å². The van der Waals surface area contributed by atoms with Crippen LogP contribution in [0.5, 0.6) is 0 Å². The average Bonchev–Trinajstić information content (AvgIpc) is 3.08. The maximum absolute atomic E-state index is 13.4. The second kappa shape index (κ2) is 5.83. The first-order valence-corrected chi connectivity index (χ1v) is 7.37. The van der Waals surface area contributed by atoms with Crippen LogP contribution >= 0.6 is 0 Å². The van der Waals surface area contributed by atoms with Gasteiger partial charge in [0.2, 0.25) is 0 Å². The second-order valence-electron chi connectivity index (χ2n) is 5.55. The Morgan fingerprint density at radius 3 is 2.87 bits per heavy atom. The lowest BCUT2D eigenvalue weighted by atomic mass is 10.2. The number of carboxylic acids is 1. The number of amides is 1. The van der Waals surface area contributed by atoms with Gasteiger partial charge in [-0.3, -0.25) is 9.59 Å². The SMILES string of the molecule is C[C@@H](NC(=O)c1nn(-c2cccc(F)c2)c2c1CCC2)C(=O)O. The van der Waals surface area contributed by atoms with E-state index in [-0.39, 0.29) is 11.5 Å². The molecule has 1 aliphatic carbocycles. The third-order valence-corrected chi connectivity index (χ3v) is 3.92. The van der Waals surface area contributed by atoms with Gasteiger partial charge in [-0.2, -0.15) is 5.10 Å². The molecule has 1 aromatic heterocycles. The van der Waals surface area contributed by atoms with Crippen molar-refractivity contribution in [1.82, 2.24) is 15.1 Å². The summed E-state index contributed by atoms with van der Waals surface area (Å²) in [5.41, 5.74) is 2.46. The van der Waals surface area contributed by atoms with Crippen molar-refractivity contribution >= 4 is 11.9 Å². The molecule has 1 aromatic carbocycles. The molecule has 3 rings (SSSR count). The molecule has 0 spiro atoms. The van der Waals surface area contributed by atoms with Crippen LogP contribution in [0.2, 0.25) is 0 Å². The standard InChI is InChI=1S/C16H16FN3O3/c1-9(16(22)23)18-15(21)14-12-6-3-7-13(12)20(19-14)11-5-2-4-10(17)8-11/h2,4-5,8-9H,3,6-7H2,1H3,(H,18,21)(H,22,23)/t9-/m1/s1. The van der Waals surface area contributed by atoms with Crippen molar-refractivity contribution in [2.45, 2.75) is 32.2 Å². The topological polar surface area (TPSA) is 84.2 Å². The maximum atomic E-state index is 13.4. The number of aromatic nitrogens is 2. The minimum absolute atomic E-state index is 0.217. The van der Waals surface area contributed by atoms with Gasteiger partial charge < -0.3 is 10.4 Å². The van der Waals surface area contributed by atoms with Crippen molar-refractivity contribution in [2.24, 2.45) is 0 Å². The van der Waals surface area contributed by atoms with Crippen LogP contribution in [0.15, 0.2) is 24.3 Å². The predicted octanol–water partition coefficient (Wildman–Crippen LogP) is 1.70. The summed E-state index contributed by atoms with van der Waals surface area (Å²) in [7, 11) is 0. The number of halogens is 1. The molecule has 0 saturated carbocycles. The van der Waals surface area contributed by atoms with Gasteiger partial charge in [-0.05, 0) is 44.4 Å². The van der Waals surface area contributed by atoms with E-state index < -0.39 is 17.9 Å². The lowest BCUT2D eigenvalue weighted by Crippen LogP contribution is -2.38. The zero-order valence-corrected chi connectivity index (χ0v) is 12.5. The summed E-state index contributed by atoms with van der Waals surface area (Å²) in [5.74, 6) is -2.01. The van der Waals surface area contributed by atoms with Crippen LogP contribution in [0.3, 0.4) is 0 Å². The largest absolute Gasteiger partial charge is 0.480 e. The molecule has 0 radical (unpaired) electrons. The van der Waals surface area contributed by atoms with Gasteiger partial charge in [0.25, 0.3) is 5.91 Å². The van der Waals surface area contributed by atoms with E-state index in [9.17, 15) is 14.0 Å². The molecular formula is C16H16FN3O3. The number of carbonyl (C=O) groups excluding carboxylic acids is 1. The number of nitrogens with zero attached hydrogens (tertiary/aromatic N) is 2. The third-order valence-electron chi connectivity index (χ3n) is 3.92. The summed E-state index contributed by atoms with van der Waals surface area (Å²) in [6, 6.07) is 5.00. The predicted molar refractivity (Wildman–Crippen MR) is 80.1 cm³/mol. The number of carbonyl (C=O) groups is 2. The van der Waals surface area contributed by atoms with E-state index in [4.69, 9.17) is 5.11 Å². The lowest BCUT2D eigenvalue weighted by Gasteiger charge is -2.08. The highest BCUT2D eigenvalue weighted by Crippen LogP contribution is 2.28. The molecule has 2 aromatic rings. The fourth-order valence-corrected chi connectivity index (χ4v) is 2.77. The Bertz CT molecular complexity index is 785. The molecule has 7 heteroatoms. The zero-order chi connectivity index (χ0) is 16.6. The molecule has 6 nitrogen and oxygen atoms in total. The van der Waals surface area contributed by atoms with Crippen LogP contribution in [-0.2, 0) is 17.6 Å². The number of hydrogen-bond donors (Lipinski definition) is 2. The van der Waals surface area contributed by atoms with E-state index in [2.05, 4.69) is 10.4 Å². The lowest BCUT2D eigenvalue weighted by molar-refractivity contribution is -0.138. The van der Waals surface area contributed by atoms with Gasteiger partial charge in [0, 0.05) is 11.3 Å². The van der Waals surface area contributed by atoms with Crippen molar-refractivity contribution < 1.29 is 19.1 Å². The van der Waals surface area contributed by atoms with Gasteiger partial charge in [-0.1, -0.05) is 6.07 Å². The fourth-order valence-electron chi connectivity index (χ4n) is 2.77. The van der Waals surface area contributed by atoms with Crippen LogP contribution in [0, 0.1) is 5.82 Å². The Balaban J connectivity index is 1.99. The summed E-state index contributed by atoms with van der Waals surface area (Å²) in [5, 5.41) is 15.6. The number of carboxylic acid groups (broad SMARTS) is 1. The van der Waals surface area contributed by atoms with Crippen LogP contribution in [-0.4, -0.2) is 32.8 Å². The number of aliphatic carboxylic acids is 1. The molecule has 23 heavy (non-hydrogen) atoms. The smallest absolute Gasteiger partial charge is 0.325 e. The van der Waals surface area contributed by atoms with Gasteiger partial charge >= 0.3 is 5.97 Å². The van der Waals surface area contributed by atoms with Crippen LogP contribution in [0.1, 0.15) is 35.1 Å². The first-order valence-electron chi connectivity index (χ1n) is 7.37. The first kappa shape index (κ1) is 15.2. The van der Waals surface area contributed by atoms with Crippen molar-refractivity contribution in [2.75, 3.05) is 0 Å². The van der Waals surface area contributed by atoms with E-state index in [1.807, 2.05) is 0 Å². The normalized spacial score (nSPS) is 14.3. The Morgan fingerprint density at radius 2 is 2.17 bits per heavy atom. The van der Waals surface area contributed by atoms with E-state index in [1.165, 1.54) is 19.1 Å². The molecule has 0 saturated heterocycles. The van der Waals surface area contributed by atoms with Crippen molar-refractivity contribution in [3.63, 3.8) is 0 Å². The maximum Gasteiger partial charge on any atom is 0.325 e. The number of benzene rings is 1. The number of hydrogen-bond acceptors (Lipinski definition) is 3.